The monoisotopic (exact) mass is 617 g/mol. The van der Waals surface area contributed by atoms with Gasteiger partial charge in [-0.05, 0) is 97.0 Å². The highest BCUT2D eigenvalue weighted by atomic mass is 35.5. The number of likely N-dealkylation sites (tertiary alicyclic amines) is 1. The van der Waals surface area contributed by atoms with Gasteiger partial charge in [0.2, 0.25) is 15.9 Å². The summed E-state index contributed by atoms with van der Waals surface area (Å²) in [5, 5.41) is 6.54. The van der Waals surface area contributed by atoms with E-state index in [-0.39, 0.29) is 53.0 Å². The summed E-state index contributed by atoms with van der Waals surface area (Å²) in [6.45, 7) is 0.469. The molecule has 224 valence electrons. The van der Waals surface area contributed by atoms with Crippen molar-refractivity contribution in [1.82, 2.24) is 4.90 Å². The third-order valence-electron chi connectivity index (χ3n) is 9.25. The van der Waals surface area contributed by atoms with Crippen molar-refractivity contribution in [3.8, 4) is 5.75 Å². The third kappa shape index (κ3) is 5.38. The normalized spacial score (nSPS) is 23.8. The number of rotatable bonds is 7. The van der Waals surface area contributed by atoms with Gasteiger partial charge >= 0.3 is 0 Å². The molecule has 2 bridgehead atoms. The minimum absolute atomic E-state index is 0.00183. The first-order valence-corrected chi connectivity index (χ1v) is 16.3. The first kappa shape index (κ1) is 29.3. The molecule has 1 amide bonds. The molecule has 4 N–H and O–H groups in total. The van der Waals surface area contributed by atoms with Crippen molar-refractivity contribution in [2.45, 2.75) is 67.4 Å². The lowest BCUT2D eigenvalue weighted by molar-refractivity contribution is -0.146. The lowest BCUT2D eigenvalue weighted by atomic mass is 9.83. The fraction of sp³-hybridized carbons (Fsp3) is 0.452. The fourth-order valence-corrected chi connectivity index (χ4v) is 7.97. The average molecular weight is 618 g/mol. The summed E-state index contributed by atoms with van der Waals surface area (Å²) < 4.78 is 65.5. The van der Waals surface area contributed by atoms with E-state index >= 15 is 8.78 Å². The van der Waals surface area contributed by atoms with E-state index < -0.39 is 38.2 Å². The number of carbonyl (C=O) groups excluding carboxylic acids is 1. The zero-order valence-corrected chi connectivity index (χ0v) is 24.6. The quantitative estimate of drug-likeness (QED) is 0.362. The standard InChI is InChI=1S/C31H34ClF2N3O4S/c32-22-10-8-21(9-11-22)31(33,34)28(30(38)37-16-19-5-6-20(17-37)29(19)35)27-25-13-12-24(41-23-3-1-2-4-23)15-18(25)7-14-26(27)42(36,39)40/h7-15,19-20,23,28-29H,1-6,16-17,35H2,(H2,36,39,40)/t19-,20-,28-/m1/s1. The molecule has 3 aliphatic rings. The second-order valence-corrected chi connectivity index (χ2v) is 13.9. The van der Waals surface area contributed by atoms with E-state index in [9.17, 15) is 13.2 Å². The minimum atomic E-state index is -4.51. The van der Waals surface area contributed by atoms with Crippen molar-refractivity contribution >= 4 is 38.3 Å². The van der Waals surface area contributed by atoms with Crippen molar-refractivity contribution in [2.24, 2.45) is 22.7 Å². The molecule has 0 spiro atoms. The van der Waals surface area contributed by atoms with E-state index in [1.807, 2.05) is 0 Å². The van der Waals surface area contributed by atoms with Crippen LogP contribution in [0.15, 0.2) is 59.5 Å². The van der Waals surface area contributed by atoms with Gasteiger partial charge in [0.25, 0.3) is 5.92 Å². The largest absolute Gasteiger partial charge is 0.490 e. The van der Waals surface area contributed by atoms with Crippen LogP contribution in [0.2, 0.25) is 5.02 Å². The first-order chi connectivity index (χ1) is 19.9. The fourth-order valence-electron chi connectivity index (χ4n) is 7.06. The molecule has 2 aliphatic carbocycles. The first-order valence-electron chi connectivity index (χ1n) is 14.4. The Hall–Kier alpha value is -2.79. The van der Waals surface area contributed by atoms with Crippen molar-refractivity contribution in [2.75, 3.05) is 13.1 Å². The Morgan fingerprint density at radius 3 is 2.24 bits per heavy atom. The van der Waals surface area contributed by atoms with Crippen molar-refractivity contribution in [1.29, 1.82) is 0 Å². The lowest BCUT2D eigenvalue weighted by Crippen LogP contribution is -2.53. The smallest absolute Gasteiger partial charge is 0.288 e. The van der Waals surface area contributed by atoms with E-state index in [1.165, 1.54) is 29.2 Å². The highest BCUT2D eigenvalue weighted by Gasteiger charge is 2.52. The Bertz CT molecular complexity index is 1600. The summed E-state index contributed by atoms with van der Waals surface area (Å²) in [4.78, 5) is 15.3. The maximum absolute atomic E-state index is 16.8. The summed E-state index contributed by atoms with van der Waals surface area (Å²) in [6, 6.07) is 12.5. The molecule has 3 fully saturated rings. The molecule has 0 aromatic heterocycles. The molecule has 7 nitrogen and oxygen atoms in total. The predicted molar refractivity (Wildman–Crippen MR) is 157 cm³/mol. The van der Waals surface area contributed by atoms with Crippen LogP contribution in [-0.2, 0) is 20.7 Å². The molecule has 2 saturated carbocycles. The number of amides is 1. The Morgan fingerprint density at radius 2 is 1.62 bits per heavy atom. The van der Waals surface area contributed by atoms with Gasteiger partial charge in [-0.25, -0.2) is 22.3 Å². The molecular weight excluding hydrogens is 584 g/mol. The van der Waals surface area contributed by atoms with Crippen molar-refractivity contribution in [3.63, 3.8) is 0 Å². The highest BCUT2D eigenvalue weighted by molar-refractivity contribution is 7.89. The molecule has 3 aromatic carbocycles. The van der Waals surface area contributed by atoms with Crippen molar-refractivity contribution < 1.29 is 26.7 Å². The average Bonchev–Trinajstić information content (AvgIpc) is 3.50. The highest BCUT2D eigenvalue weighted by Crippen LogP contribution is 2.49. The number of nitrogens with zero attached hydrogens (tertiary/aromatic N) is 1. The van der Waals surface area contributed by atoms with Gasteiger partial charge in [-0.3, -0.25) is 4.79 Å². The van der Waals surface area contributed by atoms with Crippen LogP contribution < -0.4 is 15.6 Å². The van der Waals surface area contributed by atoms with Crippen LogP contribution in [0, 0.1) is 11.8 Å². The molecule has 1 saturated heterocycles. The molecule has 1 aliphatic heterocycles. The number of hydrogen-bond donors (Lipinski definition) is 2. The number of carbonyl (C=O) groups is 1. The van der Waals surface area contributed by atoms with Gasteiger partial charge < -0.3 is 15.4 Å². The van der Waals surface area contributed by atoms with Crippen LogP contribution in [0.1, 0.15) is 55.6 Å². The summed E-state index contributed by atoms with van der Waals surface area (Å²) in [5.74, 6) is -6.30. The number of halogens is 3. The molecular formula is C31H34ClF2N3O4S. The third-order valence-corrected chi connectivity index (χ3v) is 10.5. The molecule has 3 aromatic rings. The molecule has 3 atom stereocenters. The summed E-state index contributed by atoms with van der Waals surface area (Å²) in [5.41, 5.74) is 5.56. The lowest BCUT2D eigenvalue weighted by Gasteiger charge is -2.40. The van der Waals surface area contributed by atoms with E-state index in [2.05, 4.69) is 0 Å². The van der Waals surface area contributed by atoms with Crippen LogP contribution in [0.3, 0.4) is 0 Å². The summed E-state index contributed by atoms with van der Waals surface area (Å²) >= 11 is 5.99. The number of hydrogen-bond acceptors (Lipinski definition) is 5. The number of benzene rings is 3. The molecule has 0 unspecified atom stereocenters. The Morgan fingerprint density at radius 1 is 0.976 bits per heavy atom. The number of piperidine rings is 1. The number of ether oxygens (including phenoxy) is 1. The van der Waals surface area contributed by atoms with Gasteiger partial charge in [0, 0.05) is 29.7 Å². The number of nitrogens with two attached hydrogens (primary N) is 2. The van der Waals surface area contributed by atoms with E-state index in [0.717, 1.165) is 50.7 Å². The Balaban J connectivity index is 1.53. The maximum Gasteiger partial charge on any atom is 0.288 e. The minimum Gasteiger partial charge on any atom is -0.490 e. The molecule has 42 heavy (non-hydrogen) atoms. The number of primary sulfonamides is 1. The van der Waals surface area contributed by atoms with Crippen LogP contribution >= 0.6 is 11.6 Å². The van der Waals surface area contributed by atoms with Crippen molar-refractivity contribution in [3.05, 3.63) is 70.7 Å². The Labute approximate surface area is 249 Å². The van der Waals surface area contributed by atoms with Gasteiger partial charge in [0.1, 0.15) is 11.7 Å². The van der Waals surface area contributed by atoms with Gasteiger partial charge in [-0.1, -0.05) is 35.9 Å². The van der Waals surface area contributed by atoms with Gasteiger partial charge in [0.15, 0.2) is 0 Å². The van der Waals surface area contributed by atoms with E-state index in [1.54, 1.807) is 18.2 Å². The zero-order valence-electron chi connectivity index (χ0n) is 23.0. The van der Waals surface area contributed by atoms with E-state index in [4.69, 9.17) is 27.2 Å². The zero-order chi connectivity index (χ0) is 29.8. The topological polar surface area (TPSA) is 116 Å². The van der Waals surface area contributed by atoms with Crippen LogP contribution in [0.5, 0.6) is 5.75 Å². The number of fused-ring (bicyclic) bond motifs is 3. The molecule has 6 rings (SSSR count). The van der Waals surface area contributed by atoms with E-state index in [0.29, 0.717) is 11.1 Å². The van der Waals surface area contributed by atoms with Gasteiger partial charge in [-0.2, -0.15) is 0 Å². The number of sulfonamides is 1. The second-order valence-electron chi connectivity index (χ2n) is 11.9. The SMILES string of the molecule is NC1[C@@H]2CC[C@@H]1CN(C(=O)[C@@H](c1c(S(N)(=O)=O)ccc3cc(OC4CCCC4)ccc13)C(F)(F)c1ccc(Cl)cc1)C2. The number of alkyl halides is 2. The van der Waals surface area contributed by atoms with Crippen LogP contribution in [0.4, 0.5) is 8.78 Å². The molecule has 1 heterocycles. The summed E-state index contributed by atoms with van der Waals surface area (Å²) in [6.07, 6.45) is 5.70. The van der Waals surface area contributed by atoms with Crippen LogP contribution in [0.25, 0.3) is 10.8 Å². The molecule has 11 heteroatoms. The predicted octanol–water partition coefficient (Wildman–Crippen LogP) is 5.53. The molecule has 0 radical (unpaired) electrons. The van der Waals surface area contributed by atoms with Crippen LogP contribution in [-0.4, -0.2) is 44.5 Å². The second kappa shape index (κ2) is 11.0. The van der Waals surface area contributed by atoms with Gasteiger partial charge in [0.05, 0.1) is 11.0 Å². The maximum atomic E-state index is 16.8. The Kier molecular flexibility index (Phi) is 7.70. The summed E-state index contributed by atoms with van der Waals surface area (Å²) in [7, 11) is -4.51. The van der Waals surface area contributed by atoms with Gasteiger partial charge in [-0.15, -0.1) is 0 Å².